The van der Waals surface area contributed by atoms with Gasteiger partial charge in [0.05, 0.1) is 5.69 Å². The minimum atomic E-state index is -0.849. The van der Waals surface area contributed by atoms with Crippen LogP contribution in [0.15, 0.2) is 54.1 Å². The van der Waals surface area contributed by atoms with Gasteiger partial charge in [0.1, 0.15) is 11.4 Å². The molecule has 0 unspecified atom stereocenters. The molecule has 1 saturated heterocycles. The van der Waals surface area contributed by atoms with Crippen molar-refractivity contribution in [2.45, 2.75) is 13.8 Å². The number of aromatic nitrogens is 1. The van der Waals surface area contributed by atoms with Crippen LogP contribution in [-0.2, 0) is 9.59 Å². The molecule has 0 saturated carbocycles. The average molecular weight is 447 g/mol. The Hall–Kier alpha value is -4.40. The van der Waals surface area contributed by atoms with E-state index in [1.54, 1.807) is 24.3 Å². The number of amides is 4. The van der Waals surface area contributed by atoms with Crippen molar-refractivity contribution in [3.05, 3.63) is 76.9 Å². The smallest absolute Gasteiger partial charge is 0.335 e. The van der Waals surface area contributed by atoms with E-state index in [1.165, 1.54) is 24.3 Å². The molecule has 3 aromatic rings. The van der Waals surface area contributed by atoms with Gasteiger partial charge in [0.2, 0.25) is 6.79 Å². The summed E-state index contributed by atoms with van der Waals surface area (Å²) in [6.45, 7) is 3.74. The van der Waals surface area contributed by atoms with Gasteiger partial charge in [-0.3, -0.25) is 14.9 Å². The molecule has 0 radical (unpaired) electrons. The third-order valence-corrected chi connectivity index (χ3v) is 5.57. The maximum atomic E-state index is 13.3. The highest BCUT2D eigenvalue weighted by atomic mass is 19.1. The Bertz CT molecular complexity index is 1360. The predicted molar refractivity (Wildman–Crippen MR) is 117 cm³/mol. The number of fused-ring (bicyclic) bond motifs is 1. The zero-order chi connectivity index (χ0) is 23.3. The van der Waals surface area contributed by atoms with Crippen molar-refractivity contribution in [3.8, 4) is 17.2 Å². The van der Waals surface area contributed by atoms with Gasteiger partial charge in [-0.2, -0.15) is 0 Å². The van der Waals surface area contributed by atoms with Gasteiger partial charge in [-0.15, -0.1) is 0 Å². The van der Waals surface area contributed by atoms with Gasteiger partial charge in [0.15, 0.2) is 11.5 Å². The first-order valence-corrected chi connectivity index (χ1v) is 10.1. The maximum Gasteiger partial charge on any atom is 0.335 e. The molecule has 0 aliphatic carbocycles. The highest BCUT2D eigenvalue weighted by molar-refractivity contribution is 6.39. The van der Waals surface area contributed by atoms with Crippen molar-refractivity contribution < 1.29 is 28.2 Å². The monoisotopic (exact) mass is 447 g/mol. The van der Waals surface area contributed by atoms with E-state index in [9.17, 15) is 18.8 Å². The lowest BCUT2D eigenvalue weighted by molar-refractivity contribution is -0.122. The van der Waals surface area contributed by atoms with E-state index >= 15 is 0 Å². The zero-order valence-corrected chi connectivity index (χ0v) is 17.7. The van der Waals surface area contributed by atoms with Crippen LogP contribution in [0, 0.1) is 19.7 Å². The fourth-order valence-corrected chi connectivity index (χ4v) is 3.99. The molecule has 9 heteroatoms. The normalized spacial score (nSPS) is 16.5. The van der Waals surface area contributed by atoms with Crippen LogP contribution in [0.5, 0.6) is 11.5 Å². The van der Waals surface area contributed by atoms with E-state index in [2.05, 4.69) is 5.32 Å². The summed E-state index contributed by atoms with van der Waals surface area (Å²) < 4.78 is 25.8. The topological polar surface area (TPSA) is 89.9 Å². The van der Waals surface area contributed by atoms with Crippen LogP contribution in [0.4, 0.5) is 14.9 Å². The maximum absolute atomic E-state index is 13.3. The first-order valence-electron chi connectivity index (χ1n) is 10.1. The molecule has 2 aromatic carbocycles. The molecular weight excluding hydrogens is 429 g/mol. The Balaban J connectivity index is 1.53. The fourth-order valence-electron chi connectivity index (χ4n) is 3.99. The number of rotatable bonds is 3. The van der Waals surface area contributed by atoms with Crippen LogP contribution in [0.1, 0.15) is 17.0 Å². The van der Waals surface area contributed by atoms with Gasteiger partial charge in [0.25, 0.3) is 11.8 Å². The number of ether oxygens (including phenoxy) is 2. The Kier molecular flexibility index (Phi) is 4.74. The summed E-state index contributed by atoms with van der Waals surface area (Å²) in [7, 11) is 0. The number of halogens is 1. The highest BCUT2D eigenvalue weighted by Crippen LogP contribution is 2.36. The van der Waals surface area contributed by atoms with Crippen molar-refractivity contribution in [1.82, 2.24) is 9.88 Å². The molecule has 0 atom stereocenters. The number of nitrogens with zero attached hydrogens (tertiary/aromatic N) is 2. The van der Waals surface area contributed by atoms with Gasteiger partial charge < -0.3 is 14.0 Å². The quantitative estimate of drug-likeness (QED) is 0.489. The molecule has 166 valence electrons. The second-order valence-corrected chi connectivity index (χ2v) is 7.63. The molecule has 5 rings (SSSR count). The summed E-state index contributed by atoms with van der Waals surface area (Å²) in [5.41, 5.74) is 3.00. The first kappa shape index (κ1) is 20.5. The standard InChI is InChI=1S/C24H18FN3O5/c1-13-9-15(14(2)27(13)17-5-3-16(25)4-6-17)10-19-22(29)26-24(31)28(23(19)30)18-7-8-20-21(11-18)33-12-32-20/h3-11H,12H2,1-2H3,(H,26,29,31). The number of hydrogen-bond acceptors (Lipinski definition) is 5. The molecule has 8 nitrogen and oxygen atoms in total. The number of aryl methyl sites for hydroxylation is 1. The summed E-state index contributed by atoms with van der Waals surface area (Å²) >= 11 is 0. The van der Waals surface area contributed by atoms with Crippen LogP contribution < -0.4 is 19.7 Å². The van der Waals surface area contributed by atoms with E-state index in [1.807, 2.05) is 24.5 Å². The average Bonchev–Trinajstić information content (AvgIpc) is 3.35. The zero-order valence-electron chi connectivity index (χ0n) is 17.7. The molecule has 1 aromatic heterocycles. The lowest BCUT2D eigenvalue weighted by Gasteiger charge is -2.26. The Labute approximate surface area is 187 Å². The van der Waals surface area contributed by atoms with Gasteiger partial charge in [0, 0.05) is 23.1 Å². The van der Waals surface area contributed by atoms with Crippen molar-refractivity contribution in [2.24, 2.45) is 0 Å². The number of barbiturate groups is 1. The second-order valence-electron chi connectivity index (χ2n) is 7.63. The van der Waals surface area contributed by atoms with E-state index < -0.39 is 17.8 Å². The summed E-state index contributed by atoms with van der Waals surface area (Å²) in [6, 6.07) is 11.6. The van der Waals surface area contributed by atoms with E-state index in [-0.39, 0.29) is 23.9 Å². The summed E-state index contributed by atoms with van der Waals surface area (Å²) in [4.78, 5) is 39.1. The van der Waals surface area contributed by atoms with Crippen LogP contribution in [0.3, 0.4) is 0 Å². The van der Waals surface area contributed by atoms with E-state index in [4.69, 9.17) is 9.47 Å². The summed E-state index contributed by atoms with van der Waals surface area (Å²) in [5, 5.41) is 2.21. The third-order valence-electron chi connectivity index (χ3n) is 5.57. The molecule has 0 spiro atoms. The number of nitrogens with one attached hydrogen (secondary N) is 1. The van der Waals surface area contributed by atoms with Gasteiger partial charge in [-0.1, -0.05) is 0 Å². The number of imide groups is 2. The van der Waals surface area contributed by atoms with E-state index in [0.717, 1.165) is 22.0 Å². The first-order chi connectivity index (χ1) is 15.8. The number of anilines is 1. The van der Waals surface area contributed by atoms with Crippen molar-refractivity contribution in [3.63, 3.8) is 0 Å². The SMILES string of the molecule is Cc1cc(C=C2C(=O)NC(=O)N(c3ccc4c(c3)OCO4)C2=O)c(C)n1-c1ccc(F)cc1. The van der Waals surface area contributed by atoms with Crippen LogP contribution in [0.25, 0.3) is 11.8 Å². The van der Waals surface area contributed by atoms with Crippen molar-refractivity contribution in [2.75, 3.05) is 11.7 Å². The highest BCUT2D eigenvalue weighted by Gasteiger charge is 2.37. The lowest BCUT2D eigenvalue weighted by Crippen LogP contribution is -2.54. The molecular formula is C24H18FN3O5. The van der Waals surface area contributed by atoms with E-state index in [0.29, 0.717) is 17.1 Å². The number of carbonyl (C=O) groups is 3. The molecule has 1 N–H and O–H groups in total. The molecule has 3 heterocycles. The van der Waals surface area contributed by atoms with Crippen LogP contribution in [0.2, 0.25) is 0 Å². The Morgan fingerprint density at radius 3 is 2.39 bits per heavy atom. The van der Waals surface area contributed by atoms with Crippen LogP contribution >= 0.6 is 0 Å². The predicted octanol–water partition coefficient (Wildman–Crippen LogP) is 3.63. The van der Waals surface area contributed by atoms with Crippen molar-refractivity contribution in [1.29, 1.82) is 0 Å². The molecule has 33 heavy (non-hydrogen) atoms. The molecule has 4 amide bonds. The van der Waals surface area contributed by atoms with Gasteiger partial charge in [-0.05, 0) is 68.0 Å². The molecule has 2 aliphatic rings. The largest absolute Gasteiger partial charge is 0.454 e. The minimum Gasteiger partial charge on any atom is -0.454 e. The number of hydrogen-bond donors (Lipinski definition) is 1. The number of benzene rings is 2. The van der Waals surface area contributed by atoms with Crippen LogP contribution in [-0.4, -0.2) is 29.2 Å². The molecule has 0 bridgehead atoms. The molecule has 2 aliphatic heterocycles. The van der Waals surface area contributed by atoms with Crippen molar-refractivity contribution >= 4 is 29.6 Å². The molecule has 1 fully saturated rings. The lowest BCUT2D eigenvalue weighted by atomic mass is 10.1. The summed E-state index contributed by atoms with van der Waals surface area (Å²) in [5.74, 6) is -0.980. The number of urea groups is 1. The fraction of sp³-hybridized carbons (Fsp3) is 0.125. The second kappa shape index (κ2) is 7.63. The third kappa shape index (κ3) is 3.43. The number of carbonyl (C=O) groups excluding carboxylic acids is 3. The Morgan fingerprint density at radius 1 is 0.939 bits per heavy atom. The van der Waals surface area contributed by atoms with Gasteiger partial charge >= 0.3 is 6.03 Å². The Morgan fingerprint density at radius 2 is 1.64 bits per heavy atom. The summed E-state index contributed by atoms with van der Waals surface area (Å²) in [6.07, 6.45) is 1.45. The minimum absolute atomic E-state index is 0.0479. The van der Waals surface area contributed by atoms with Gasteiger partial charge in [-0.25, -0.2) is 14.1 Å².